The summed E-state index contributed by atoms with van der Waals surface area (Å²) in [4.78, 5) is 0. The van der Waals surface area contributed by atoms with Gasteiger partial charge in [0.05, 0.1) is 0 Å². The van der Waals surface area contributed by atoms with Crippen LogP contribution in [0, 0.1) is 17.8 Å². The first-order valence-corrected chi connectivity index (χ1v) is 5.26. The second kappa shape index (κ2) is 5.29. The Bertz CT molecular complexity index is 351. The van der Waals surface area contributed by atoms with E-state index in [1.807, 2.05) is 25.1 Å². The molecule has 0 radical (unpaired) electrons. The van der Waals surface area contributed by atoms with Crippen LogP contribution in [0.4, 0.5) is 0 Å². The molecule has 0 aliphatic rings. The molecule has 0 saturated carbocycles. The zero-order chi connectivity index (χ0) is 10.6. The maximum Gasteiger partial charge on any atom is 0.0453 e. The first-order chi connectivity index (χ1) is 6.65. The average Bonchev–Trinajstić information content (AvgIpc) is 2.12. The van der Waals surface area contributed by atoms with E-state index in [9.17, 15) is 0 Å². The van der Waals surface area contributed by atoms with Crippen molar-refractivity contribution in [1.29, 1.82) is 0 Å². The Morgan fingerprint density at radius 3 is 2.36 bits per heavy atom. The monoisotopic (exact) mass is 226 g/mol. The van der Waals surface area contributed by atoms with E-state index in [4.69, 9.17) is 23.2 Å². The van der Waals surface area contributed by atoms with Gasteiger partial charge in [0.2, 0.25) is 0 Å². The lowest BCUT2D eigenvalue weighted by Crippen LogP contribution is -1.98. The minimum absolute atomic E-state index is 0.289. The molecule has 0 nitrogen and oxygen atoms in total. The van der Waals surface area contributed by atoms with Gasteiger partial charge in [0.15, 0.2) is 0 Å². The third kappa shape index (κ3) is 2.94. The molecular formula is C12H12Cl2. The molecule has 14 heavy (non-hydrogen) atoms. The van der Waals surface area contributed by atoms with Crippen molar-refractivity contribution in [2.45, 2.75) is 20.3 Å². The van der Waals surface area contributed by atoms with Crippen molar-refractivity contribution in [1.82, 2.24) is 0 Å². The average molecular weight is 227 g/mol. The molecule has 1 rings (SSSR count). The predicted octanol–water partition coefficient (Wildman–Crippen LogP) is 4.20. The Balaban J connectivity index is 2.89. The number of rotatable bonds is 2. The van der Waals surface area contributed by atoms with Gasteiger partial charge in [-0.15, -0.1) is 11.8 Å². The molecule has 0 saturated heterocycles. The molecule has 0 bridgehead atoms. The third-order valence-electron chi connectivity index (χ3n) is 1.96. The normalized spacial score (nSPS) is 11.7. The number of benzene rings is 1. The molecule has 1 aromatic rings. The van der Waals surface area contributed by atoms with E-state index >= 15 is 0 Å². The van der Waals surface area contributed by atoms with Gasteiger partial charge in [-0.2, -0.15) is 0 Å². The van der Waals surface area contributed by atoms with Crippen LogP contribution in [0.1, 0.15) is 19.4 Å². The van der Waals surface area contributed by atoms with Crippen LogP contribution in [-0.4, -0.2) is 0 Å². The lowest BCUT2D eigenvalue weighted by molar-refractivity contribution is 0.750. The topological polar surface area (TPSA) is 0 Å². The van der Waals surface area contributed by atoms with Gasteiger partial charge in [-0.25, -0.2) is 0 Å². The molecule has 0 fully saturated rings. The summed E-state index contributed by atoms with van der Waals surface area (Å²) in [6, 6.07) is 5.56. The zero-order valence-electron chi connectivity index (χ0n) is 8.27. The SMILES string of the molecule is CC#CC(C)Cc1c(Cl)cccc1Cl. The van der Waals surface area contributed by atoms with Crippen LogP contribution in [0.3, 0.4) is 0 Å². The van der Waals surface area contributed by atoms with Gasteiger partial charge in [-0.3, -0.25) is 0 Å². The largest absolute Gasteiger partial charge is 0.106 e. The first kappa shape index (κ1) is 11.4. The maximum atomic E-state index is 6.04. The molecule has 1 unspecified atom stereocenters. The fraction of sp³-hybridized carbons (Fsp3) is 0.333. The Morgan fingerprint density at radius 2 is 1.86 bits per heavy atom. The molecular weight excluding hydrogens is 215 g/mol. The van der Waals surface area contributed by atoms with Gasteiger partial charge in [0.25, 0.3) is 0 Å². The molecule has 0 aliphatic heterocycles. The minimum atomic E-state index is 0.289. The van der Waals surface area contributed by atoms with Crippen molar-refractivity contribution < 1.29 is 0 Å². The summed E-state index contributed by atoms with van der Waals surface area (Å²) < 4.78 is 0. The van der Waals surface area contributed by atoms with E-state index in [1.165, 1.54) is 0 Å². The molecule has 1 atom stereocenters. The molecule has 0 spiro atoms. The van der Waals surface area contributed by atoms with Crippen molar-refractivity contribution in [3.63, 3.8) is 0 Å². The van der Waals surface area contributed by atoms with Crippen LogP contribution < -0.4 is 0 Å². The number of hydrogen-bond acceptors (Lipinski definition) is 0. The quantitative estimate of drug-likeness (QED) is 0.664. The maximum absolute atomic E-state index is 6.04. The standard InChI is InChI=1S/C12H12Cl2/c1-3-5-9(2)8-10-11(13)6-4-7-12(10)14/h4,6-7,9H,8H2,1-2H3. The second-order valence-electron chi connectivity index (χ2n) is 3.20. The lowest BCUT2D eigenvalue weighted by Gasteiger charge is -2.08. The van der Waals surface area contributed by atoms with Gasteiger partial charge in [-0.05, 0) is 31.0 Å². The summed E-state index contributed by atoms with van der Waals surface area (Å²) in [6.07, 6.45) is 0.805. The molecule has 0 amide bonds. The van der Waals surface area contributed by atoms with Gasteiger partial charge < -0.3 is 0 Å². The summed E-state index contributed by atoms with van der Waals surface area (Å²) in [5.41, 5.74) is 0.992. The number of halogens is 2. The Labute approximate surface area is 95.2 Å². The predicted molar refractivity (Wildman–Crippen MR) is 62.8 cm³/mol. The molecule has 0 aromatic heterocycles. The first-order valence-electron chi connectivity index (χ1n) is 4.50. The van der Waals surface area contributed by atoms with Crippen LogP contribution in [-0.2, 0) is 6.42 Å². The highest BCUT2D eigenvalue weighted by Crippen LogP contribution is 2.26. The van der Waals surface area contributed by atoms with Gasteiger partial charge in [-0.1, -0.05) is 36.2 Å². The summed E-state index contributed by atoms with van der Waals surface area (Å²) >= 11 is 12.1. The van der Waals surface area contributed by atoms with E-state index in [-0.39, 0.29) is 5.92 Å². The summed E-state index contributed by atoms with van der Waals surface area (Å²) in [5, 5.41) is 1.45. The van der Waals surface area contributed by atoms with Crippen molar-refractivity contribution in [3.05, 3.63) is 33.8 Å². The Morgan fingerprint density at radius 1 is 1.29 bits per heavy atom. The van der Waals surface area contributed by atoms with Crippen LogP contribution in [0.5, 0.6) is 0 Å². The summed E-state index contributed by atoms with van der Waals surface area (Å²) in [7, 11) is 0. The van der Waals surface area contributed by atoms with Crippen LogP contribution >= 0.6 is 23.2 Å². The van der Waals surface area contributed by atoms with Crippen molar-refractivity contribution in [2.75, 3.05) is 0 Å². The van der Waals surface area contributed by atoms with Gasteiger partial charge in [0, 0.05) is 16.0 Å². The smallest absolute Gasteiger partial charge is 0.0453 e. The second-order valence-corrected chi connectivity index (χ2v) is 4.01. The molecule has 0 aliphatic carbocycles. The van der Waals surface area contributed by atoms with E-state index in [2.05, 4.69) is 18.8 Å². The van der Waals surface area contributed by atoms with Crippen molar-refractivity contribution in [2.24, 2.45) is 5.92 Å². The Kier molecular flexibility index (Phi) is 4.32. The fourth-order valence-corrected chi connectivity index (χ4v) is 1.88. The summed E-state index contributed by atoms with van der Waals surface area (Å²) in [6.45, 7) is 3.90. The van der Waals surface area contributed by atoms with Crippen LogP contribution in [0.15, 0.2) is 18.2 Å². The van der Waals surface area contributed by atoms with E-state index < -0.39 is 0 Å². The minimum Gasteiger partial charge on any atom is -0.106 e. The van der Waals surface area contributed by atoms with Gasteiger partial charge >= 0.3 is 0 Å². The highest BCUT2D eigenvalue weighted by atomic mass is 35.5. The van der Waals surface area contributed by atoms with E-state index in [0.717, 1.165) is 22.0 Å². The van der Waals surface area contributed by atoms with E-state index in [0.29, 0.717) is 0 Å². The molecule has 0 heterocycles. The zero-order valence-corrected chi connectivity index (χ0v) is 9.78. The van der Waals surface area contributed by atoms with Crippen molar-refractivity contribution >= 4 is 23.2 Å². The molecule has 1 aromatic carbocycles. The molecule has 74 valence electrons. The van der Waals surface area contributed by atoms with E-state index in [1.54, 1.807) is 0 Å². The van der Waals surface area contributed by atoms with Crippen LogP contribution in [0.2, 0.25) is 10.0 Å². The summed E-state index contributed by atoms with van der Waals surface area (Å²) in [5.74, 6) is 6.26. The van der Waals surface area contributed by atoms with Crippen molar-refractivity contribution in [3.8, 4) is 11.8 Å². The third-order valence-corrected chi connectivity index (χ3v) is 2.67. The van der Waals surface area contributed by atoms with Gasteiger partial charge in [0.1, 0.15) is 0 Å². The van der Waals surface area contributed by atoms with Crippen LogP contribution in [0.25, 0.3) is 0 Å². The highest BCUT2D eigenvalue weighted by Gasteiger charge is 2.08. The fourth-order valence-electron chi connectivity index (χ4n) is 1.33. The number of hydrogen-bond donors (Lipinski definition) is 0. The molecule has 0 N–H and O–H groups in total. The molecule has 2 heteroatoms. The Hall–Kier alpha value is -0.640. The highest BCUT2D eigenvalue weighted by molar-refractivity contribution is 6.35. The lowest BCUT2D eigenvalue weighted by atomic mass is 10.0.